The van der Waals surface area contributed by atoms with Crippen LogP contribution in [0.3, 0.4) is 0 Å². The Bertz CT molecular complexity index is 1040. The Morgan fingerprint density at radius 1 is 1.24 bits per heavy atom. The minimum absolute atomic E-state index is 0. The summed E-state index contributed by atoms with van der Waals surface area (Å²) in [7, 11) is 1.63. The number of nitrogens with one attached hydrogen (secondary N) is 3. The molecule has 1 aliphatic rings. The van der Waals surface area contributed by atoms with Crippen LogP contribution in [0.4, 0.5) is 5.95 Å². The van der Waals surface area contributed by atoms with Crippen LogP contribution in [0.5, 0.6) is 0 Å². The number of anilines is 1. The highest BCUT2D eigenvalue weighted by molar-refractivity contribution is 7.22. The van der Waals surface area contributed by atoms with Crippen molar-refractivity contribution < 1.29 is 4.79 Å². The molecule has 1 aromatic carbocycles. The third-order valence-electron chi connectivity index (χ3n) is 5.15. The summed E-state index contributed by atoms with van der Waals surface area (Å²) in [5, 5.41) is 10.8. The molecule has 1 amide bonds. The zero-order chi connectivity index (χ0) is 20.9. The number of carbonyl (C=O) groups excluding carboxylic acids is 1. The number of halogens is 4. The Kier molecular flexibility index (Phi) is 12.7. The highest BCUT2D eigenvalue weighted by Gasteiger charge is 2.16. The number of hydrogen-bond acceptors (Lipinski definition) is 7. The number of hydrogen-bond donors (Lipinski definition) is 3. The SMILES string of the molecule is CNC(=O)c1cccc2sc(-c3nc(NCCCN4CCNCC4)ncc3Cl)cc12.Cl.Cl.Cl. The van der Waals surface area contributed by atoms with Gasteiger partial charge in [-0.1, -0.05) is 17.7 Å². The molecule has 1 aliphatic heterocycles. The highest BCUT2D eigenvalue weighted by atomic mass is 35.5. The van der Waals surface area contributed by atoms with Crippen molar-refractivity contribution in [1.29, 1.82) is 0 Å². The predicted molar refractivity (Wildman–Crippen MR) is 145 cm³/mol. The molecule has 182 valence electrons. The van der Waals surface area contributed by atoms with E-state index in [1.165, 1.54) is 0 Å². The number of piperazine rings is 1. The van der Waals surface area contributed by atoms with E-state index in [0.29, 0.717) is 22.2 Å². The standard InChI is InChI=1S/C21H25ClN6OS.3ClH/c1-23-20(29)14-4-2-5-17-15(14)12-18(30-17)19-16(22)13-26-21(27-19)25-6-3-9-28-10-7-24-8-11-28;;;/h2,4-5,12-13,24H,3,6-11H2,1H3,(H,23,29)(H,25,26,27);3*1H. The first kappa shape index (κ1) is 29.6. The van der Waals surface area contributed by atoms with Gasteiger partial charge in [-0.25, -0.2) is 9.97 Å². The zero-order valence-electron chi connectivity index (χ0n) is 18.1. The van der Waals surface area contributed by atoms with E-state index in [1.807, 2.05) is 24.3 Å². The molecule has 0 spiro atoms. The van der Waals surface area contributed by atoms with Gasteiger partial charge in [-0.05, 0) is 31.2 Å². The van der Waals surface area contributed by atoms with Gasteiger partial charge in [0.1, 0.15) is 5.69 Å². The second kappa shape index (κ2) is 14.1. The van der Waals surface area contributed by atoms with Crippen LogP contribution in [0.25, 0.3) is 20.7 Å². The number of thiophene rings is 1. The summed E-state index contributed by atoms with van der Waals surface area (Å²) < 4.78 is 1.02. The smallest absolute Gasteiger partial charge is 0.251 e. The lowest BCUT2D eigenvalue weighted by atomic mass is 10.1. The maximum absolute atomic E-state index is 12.2. The van der Waals surface area contributed by atoms with Gasteiger partial charge in [0.2, 0.25) is 5.95 Å². The minimum atomic E-state index is -0.106. The molecule has 7 nitrogen and oxygen atoms in total. The van der Waals surface area contributed by atoms with Gasteiger partial charge in [-0.15, -0.1) is 48.6 Å². The van der Waals surface area contributed by atoms with Gasteiger partial charge in [0, 0.05) is 55.4 Å². The average molecular weight is 554 g/mol. The van der Waals surface area contributed by atoms with Crippen LogP contribution in [0.1, 0.15) is 16.8 Å². The minimum Gasteiger partial charge on any atom is -0.355 e. The molecule has 0 unspecified atom stereocenters. The third-order valence-corrected chi connectivity index (χ3v) is 6.54. The Morgan fingerprint density at radius 2 is 2.00 bits per heavy atom. The molecule has 0 saturated carbocycles. The lowest BCUT2D eigenvalue weighted by molar-refractivity contribution is 0.0965. The van der Waals surface area contributed by atoms with E-state index >= 15 is 0 Å². The van der Waals surface area contributed by atoms with E-state index in [1.54, 1.807) is 24.6 Å². The van der Waals surface area contributed by atoms with Crippen LogP contribution in [-0.2, 0) is 0 Å². The average Bonchev–Trinajstić information content (AvgIpc) is 3.22. The van der Waals surface area contributed by atoms with Gasteiger partial charge in [-0.2, -0.15) is 0 Å². The third kappa shape index (κ3) is 7.29. The summed E-state index contributed by atoms with van der Waals surface area (Å²) in [5.41, 5.74) is 1.33. The maximum atomic E-state index is 12.2. The van der Waals surface area contributed by atoms with Crippen LogP contribution >= 0.6 is 60.2 Å². The van der Waals surface area contributed by atoms with Crippen LogP contribution in [0, 0.1) is 0 Å². The summed E-state index contributed by atoms with van der Waals surface area (Å²) in [6.45, 7) is 6.20. The fourth-order valence-electron chi connectivity index (χ4n) is 3.57. The van der Waals surface area contributed by atoms with Gasteiger partial charge < -0.3 is 20.9 Å². The lowest BCUT2D eigenvalue weighted by Crippen LogP contribution is -2.44. The predicted octanol–water partition coefficient (Wildman–Crippen LogP) is 4.34. The molecule has 2 aromatic heterocycles. The Morgan fingerprint density at radius 3 is 2.73 bits per heavy atom. The van der Waals surface area contributed by atoms with Gasteiger partial charge >= 0.3 is 0 Å². The van der Waals surface area contributed by atoms with Gasteiger partial charge in [0.25, 0.3) is 5.91 Å². The van der Waals surface area contributed by atoms with Crippen LogP contribution in [-0.4, -0.2) is 67.1 Å². The first-order valence-electron chi connectivity index (χ1n) is 10.1. The number of carbonyl (C=O) groups is 1. The summed E-state index contributed by atoms with van der Waals surface area (Å²) >= 11 is 7.98. The molecule has 33 heavy (non-hydrogen) atoms. The van der Waals surface area contributed by atoms with Crippen LogP contribution in [0.2, 0.25) is 5.02 Å². The van der Waals surface area contributed by atoms with E-state index in [0.717, 1.165) is 60.7 Å². The van der Waals surface area contributed by atoms with Crippen LogP contribution in [0.15, 0.2) is 30.5 Å². The van der Waals surface area contributed by atoms with E-state index in [-0.39, 0.29) is 43.1 Å². The van der Waals surface area contributed by atoms with E-state index in [9.17, 15) is 4.79 Å². The van der Waals surface area contributed by atoms with Crippen molar-refractivity contribution in [3.8, 4) is 10.6 Å². The molecule has 1 saturated heterocycles. The first-order valence-corrected chi connectivity index (χ1v) is 11.3. The largest absolute Gasteiger partial charge is 0.355 e. The topological polar surface area (TPSA) is 82.2 Å². The van der Waals surface area contributed by atoms with E-state index in [4.69, 9.17) is 11.6 Å². The van der Waals surface area contributed by atoms with Gasteiger partial charge in [-0.3, -0.25) is 4.79 Å². The van der Waals surface area contributed by atoms with E-state index in [2.05, 4.69) is 30.8 Å². The Labute approximate surface area is 221 Å². The van der Waals surface area contributed by atoms with Crippen molar-refractivity contribution in [2.24, 2.45) is 0 Å². The quantitative estimate of drug-likeness (QED) is 0.377. The van der Waals surface area contributed by atoms with Gasteiger partial charge in [0.05, 0.1) is 16.1 Å². The Balaban J connectivity index is 0.00000181. The molecular weight excluding hydrogens is 526 g/mol. The molecule has 3 N–H and O–H groups in total. The normalized spacial score (nSPS) is 13.4. The number of aromatic nitrogens is 2. The molecule has 1 fully saturated rings. The number of nitrogens with zero attached hydrogens (tertiary/aromatic N) is 3. The second-order valence-electron chi connectivity index (χ2n) is 7.17. The number of amides is 1. The van der Waals surface area contributed by atoms with Crippen molar-refractivity contribution in [3.63, 3.8) is 0 Å². The summed E-state index contributed by atoms with van der Waals surface area (Å²) in [6.07, 6.45) is 2.66. The lowest BCUT2D eigenvalue weighted by Gasteiger charge is -2.27. The fraction of sp³-hybridized carbons (Fsp3) is 0.381. The number of benzene rings is 1. The monoisotopic (exact) mass is 552 g/mol. The molecule has 4 rings (SSSR count). The summed E-state index contributed by atoms with van der Waals surface area (Å²) in [5.74, 6) is 0.462. The van der Waals surface area contributed by atoms with E-state index < -0.39 is 0 Å². The van der Waals surface area contributed by atoms with Crippen molar-refractivity contribution in [2.45, 2.75) is 6.42 Å². The summed E-state index contributed by atoms with van der Waals surface area (Å²) in [4.78, 5) is 24.5. The number of rotatable bonds is 7. The number of fused-ring (bicyclic) bond motifs is 1. The maximum Gasteiger partial charge on any atom is 0.251 e. The highest BCUT2D eigenvalue weighted by Crippen LogP contribution is 2.37. The van der Waals surface area contributed by atoms with Crippen molar-refractivity contribution in [2.75, 3.05) is 51.6 Å². The molecule has 0 atom stereocenters. The molecule has 3 heterocycles. The molecule has 0 radical (unpaired) electrons. The molecule has 12 heteroatoms. The molecular formula is C21H28Cl4N6OS. The molecule has 0 bridgehead atoms. The molecule has 3 aromatic rings. The molecule has 0 aliphatic carbocycles. The van der Waals surface area contributed by atoms with Crippen molar-refractivity contribution >= 4 is 82.1 Å². The van der Waals surface area contributed by atoms with Gasteiger partial charge in [0.15, 0.2) is 0 Å². The zero-order valence-corrected chi connectivity index (χ0v) is 22.1. The first-order chi connectivity index (χ1) is 14.7. The summed E-state index contributed by atoms with van der Waals surface area (Å²) in [6, 6.07) is 7.69. The van der Waals surface area contributed by atoms with Crippen LogP contribution < -0.4 is 16.0 Å². The van der Waals surface area contributed by atoms with Crippen molar-refractivity contribution in [3.05, 3.63) is 41.0 Å². The Hall–Kier alpha value is -1.39. The second-order valence-corrected chi connectivity index (χ2v) is 8.66. The van der Waals surface area contributed by atoms with Crippen molar-refractivity contribution in [1.82, 2.24) is 25.5 Å². The fourth-order valence-corrected chi connectivity index (χ4v) is 4.91.